The highest BCUT2D eigenvalue weighted by Gasteiger charge is 2.44. The number of aliphatic hydroxyl groups is 3. The van der Waals surface area contributed by atoms with Crippen molar-refractivity contribution in [2.24, 2.45) is 5.41 Å². The molecule has 0 heterocycles. The normalized spacial score (nSPS) is 13.6. The number of hydrogen-bond donors (Lipinski definition) is 9. The Morgan fingerprint density at radius 1 is 0.511 bits per heavy atom. The molecule has 272 valence electrons. The first-order chi connectivity index (χ1) is 21.0. The summed E-state index contributed by atoms with van der Waals surface area (Å²) in [6, 6.07) is 8.75. The molecular formula is C35H62O10P2. The van der Waals surface area contributed by atoms with Gasteiger partial charge in [-0.05, 0) is 80.5 Å². The van der Waals surface area contributed by atoms with Crippen LogP contribution in [0.15, 0.2) is 24.3 Å². The fourth-order valence-corrected chi connectivity index (χ4v) is 5.62. The van der Waals surface area contributed by atoms with Gasteiger partial charge in [0.15, 0.2) is 0 Å². The highest BCUT2D eigenvalue weighted by molar-refractivity contribution is 7.38. The van der Waals surface area contributed by atoms with Crippen molar-refractivity contribution < 1.29 is 49.4 Å². The molecule has 0 spiro atoms. The number of hydrogen-bond acceptors (Lipinski definition) is 10. The molecule has 0 radical (unpaired) electrons. The Bertz CT molecular complexity index is 1240. The zero-order valence-electron chi connectivity index (χ0n) is 30.8. The maximum absolute atomic E-state index is 10.7. The molecule has 2 aromatic rings. The SMILES string of the molecule is Cc1cc(OC(c2cc(C)c(C(C)(C)C)cc2C(C)(C)C)C(CO)(CO)CO)c(C(C)(C)C)cc1C(C)(C)C.OP(O)O.OP(O)O. The average Bonchev–Trinajstić information content (AvgIpc) is 2.85. The molecule has 1 unspecified atom stereocenters. The molecule has 9 N–H and O–H groups in total. The van der Waals surface area contributed by atoms with Gasteiger partial charge in [-0.3, -0.25) is 0 Å². The molecule has 47 heavy (non-hydrogen) atoms. The van der Waals surface area contributed by atoms with Gasteiger partial charge in [0.2, 0.25) is 0 Å². The first-order valence-corrected chi connectivity index (χ1v) is 17.9. The van der Waals surface area contributed by atoms with E-state index in [9.17, 15) is 15.3 Å². The lowest BCUT2D eigenvalue weighted by molar-refractivity contribution is -0.0752. The minimum Gasteiger partial charge on any atom is -0.485 e. The third kappa shape index (κ3) is 13.5. The Balaban J connectivity index is 0.00000236. The molecule has 0 bridgehead atoms. The predicted molar refractivity (Wildman–Crippen MR) is 191 cm³/mol. The van der Waals surface area contributed by atoms with E-state index in [0.29, 0.717) is 0 Å². The monoisotopic (exact) mass is 704 g/mol. The zero-order chi connectivity index (χ0) is 37.5. The van der Waals surface area contributed by atoms with Gasteiger partial charge in [0, 0.05) is 0 Å². The summed E-state index contributed by atoms with van der Waals surface area (Å²) in [6.07, 6.45) is -0.777. The van der Waals surface area contributed by atoms with Gasteiger partial charge >= 0.3 is 17.2 Å². The molecule has 0 saturated carbocycles. The molecule has 0 amide bonds. The number of rotatable bonds is 7. The average molecular weight is 705 g/mol. The standard InChI is InChI=1S/C35H56O4.2H3O3P/c1-22-15-24(27(33(9,10)11)17-25(22)31(3,4)5)30(35(19-36,20-37)21-38)39-29-16-23(2)26(32(6,7)8)18-28(29)34(12,13)14;2*1-4(2)3/h15-18,30,36-38H,19-21H2,1-14H3;2*1-3H. The molecule has 0 aromatic heterocycles. The van der Waals surface area contributed by atoms with Crippen LogP contribution in [0.2, 0.25) is 0 Å². The molecule has 10 nitrogen and oxygen atoms in total. The van der Waals surface area contributed by atoms with E-state index < -0.39 is 48.5 Å². The molecule has 12 heteroatoms. The summed E-state index contributed by atoms with van der Waals surface area (Å²) in [4.78, 5) is 43.4. The van der Waals surface area contributed by atoms with Crippen molar-refractivity contribution >= 4 is 17.2 Å². The summed E-state index contributed by atoms with van der Waals surface area (Å²) in [5.41, 5.74) is 5.96. The Morgan fingerprint density at radius 2 is 0.809 bits per heavy atom. The number of aliphatic hydroxyl groups excluding tert-OH is 3. The van der Waals surface area contributed by atoms with Crippen LogP contribution in [0.4, 0.5) is 0 Å². The molecule has 2 aromatic carbocycles. The van der Waals surface area contributed by atoms with Gasteiger partial charge in [-0.2, -0.15) is 0 Å². The Morgan fingerprint density at radius 3 is 1.11 bits per heavy atom. The van der Waals surface area contributed by atoms with Crippen LogP contribution in [0, 0.1) is 19.3 Å². The summed E-state index contributed by atoms with van der Waals surface area (Å²) >= 11 is 0. The summed E-state index contributed by atoms with van der Waals surface area (Å²) in [5, 5.41) is 32.0. The maximum atomic E-state index is 10.7. The second-order valence-corrected chi connectivity index (χ2v) is 17.4. The summed E-state index contributed by atoms with van der Waals surface area (Å²) in [6.45, 7) is 29.3. The minimum atomic E-state index is -2.62. The lowest BCUT2D eigenvalue weighted by Crippen LogP contribution is -2.44. The van der Waals surface area contributed by atoms with Gasteiger partial charge in [0.05, 0.1) is 25.2 Å². The van der Waals surface area contributed by atoms with Crippen molar-refractivity contribution in [1.29, 1.82) is 0 Å². The fraction of sp³-hybridized carbons (Fsp3) is 0.657. The van der Waals surface area contributed by atoms with Crippen LogP contribution in [0.3, 0.4) is 0 Å². The molecule has 2 rings (SSSR count). The highest BCUT2D eigenvalue weighted by atomic mass is 31.2. The van der Waals surface area contributed by atoms with E-state index in [1.807, 2.05) is 0 Å². The Kier molecular flexibility index (Phi) is 17.1. The van der Waals surface area contributed by atoms with E-state index in [1.54, 1.807) is 0 Å². The van der Waals surface area contributed by atoms with Gasteiger partial charge < -0.3 is 49.4 Å². The third-order valence-corrected chi connectivity index (χ3v) is 7.98. The first kappa shape index (κ1) is 45.7. The molecule has 0 aliphatic carbocycles. The first-order valence-electron chi connectivity index (χ1n) is 15.5. The van der Waals surface area contributed by atoms with E-state index in [2.05, 4.69) is 121 Å². The van der Waals surface area contributed by atoms with Gasteiger partial charge in [0.1, 0.15) is 11.9 Å². The molecule has 0 saturated heterocycles. The Labute approximate surface area is 285 Å². The van der Waals surface area contributed by atoms with Crippen molar-refractivity contribution in [1.82, 2.24) is 0 Å². The van der Waals surface area contributed by atoms with Gasteiger partial charge in [0.25, 0.3) is 0 Å². The molecular weight excluding hydrogens is 642 g/mol. The van der Waals surface area contributed by atoms with Crippen LogP contribution < -0.4 is 4.74 Å². The van der Waals surface area contributed by atoms with Crippen LogP contribution >= 0.6 is 17.2 Å². The van der Waals surface area contributed by atoms with Crippen molar-refractivity contribution in [2.75, 3.05) is 19.8 Å². The van der Waals surface area contributed by atoms with E-state index >= 15 is 0 Å². The maximum Gasteiger partial charge on any atom is 0.324 e. The van der Waals surface area contributed by atoms with Crippen LogP contribution in [0.5, 0.6) is 5.75 Å². The molecule has 1 atom stereocenters. The number of benzene rings is 2. The zero-order valence-corrected chi connectivity index (χ0v) is 32.6. The minimum absolute atomic E-state index is 0.0353. The Hall–Kier alpha value is -1.26. The highest BCUT2D eigenvalue weighted by Crippen LogP contribution is 2.46. The smallest absolute Gasteiger partial charge is 0.324 e. The van der Waals surface area contributed by atoms with Crippen LogP contribution in [-0.2, 0) is 21.7 Å². The van der Waals surface area contributed by atoms with E-state index in [1.165, 1.54) is 11.1 Å². The van der Waals surface area contributed by atoms with Crippen molar-refractivity contribution in [2.45, 2.75) is 125 Å². The topological polar surface area (TPSA) is 191 Å². The molecule has 0 fully saturated rings. The molecule has 0 aliphatic heterocycles. The molecule has 0 aliphatic rings. The van der Waals surface area contributed by atoms with Gasteiger partial charge in [-0.15, -0.1) is 0 Å². The van der Waals surface area contributed by atoms with Crippen LogP contribution in [0.1, 0.15) is 128 Å². The van der Waals surface area contributed by atoms with Crippen molar-refractivity contribution in [3.63, 3.8) is 0 Å². The lowest BCUT2D eigenvalue weighted by atomic mass is 9.71. The summed E-state index contributed by atoms with van der Waals surface area (Å²) in [5.74, 6) is 0.718. The third-order valence-electron chi connectivity index (χ3n) is 7.98. The predicted octanol–water partition coefficient (Wildman–Crippen LogP) is 5.96. The van der Waals surface area contributed by atoms with E-state index in [4.69, 9.17) is 34.1 Å². The largest absolute Gasteiger partial charge is 0.485 e. The van der Waals surface area contributed by atoms with E-state index in [0.717, 1.165) is 33.6 Å². The van der Waals surface area contributed by atoms with Gasteiger partial charge in [-0.1, -0.05) is 101 Å². The number of aryl methyl sites for hydroxylation is 2. The summed E-state index contributed by atoms with van der Waals surface area (Å²) in [7, 11) is -5.24. The summed E-state index contributed by atoms with van der Waals surface area (Å²) < 4.78 is 6.98. The lowest BCUT2D eigenvalue weighted by Gasteiger charge is -2.41. The second kappa shape index (κ2) is 17.6. The fourth-order valence-electron chi connectivity index (χ4n) is 5.62. The second-order valence-electron chi connectivity index (χ2n) is 16.3. The van der Waals surface area contributed by atoms with Crippen LogP contribution in [0.25, 0.3) is 0 Å². The van der Waals surface area contributed by atoms with Gasteiger partial charge in [-0.25, -0.2) is 0 Å². The van der Waals surface area contributed by atoms with Crippen molar-refractivity contribution in [3.05, 3.63) is 63.2 Å². The van der Waals surface area contributed by atoms with E-state index in [-0.39, 0.29) is 21.7 Å². The quantitative estimate of drug-likeness (QED) is 0.156. The van der Waals surface area contributed by atoms with Crippen LogP contribution in [-0.4, -0.2) is 64.5 Å². The number of ether oxygens (including phenoxy) is 1. The van der Waals surface area contributed by atoms with Crippen molar-refractivity contribution in [3.8, 4) is 5.75 Å².